The molecular weight excluding hydrogens is 278 g/mol. The van der Waals surface area contributed by atoms with Crippen molar-refractivity contribution in [1.29, 1.82) is 5.41 Å². The van der Waals surface area contributed by atoms with E-state index in [1.807, 2.05) is 0 Å². The molecule has 0 aliphatic heterocycles. The fraction of sp³-hybridized carbons (Fsp3) is 0.667. The smallest absolute Gasteiger partial charge is 0.246 e. The topological polar surface area (TPSA) is 105 Å². The summed E-state index contributed by atoms with van der Waals surface area (Å²) in [6.45, 7) is 7.45. The van der Waals surface area contributed by atoms with Crippen LogP contribution in [-0.4, -0.2) is 41.4 Å². The quantitative estimate of drug-likeness (QED) is 0.593. The lowest BCUT2D eigenvalue weighted by Gasteiger charge is -2.23. The Morgan fingerprint density at radius 2 is 2.05 bits per heavy atom. The summed E-state index contributed by atoms with van der Waals surface area (Å²) in [7, 11) is -1.90. The largest absolute Gasteiger partial charge is 0.387 e. The molecule has 7 nitrogen and oxygen atoms in total. The number of nitrogens with zero attached hydrogens (tertiary/aromatic N) is 3. The molecule has 3 N–H and O–H groups in total. The lowest BCUT2D eigenvalue weighted by atomic mass is 10.1. The predicted molar refractivity (Wildman–Crippen MR) is 78.2 cm³/mol. The van der Waals surface area contributed by atoms with E-state index < -0.39 is 10.0 Å². The minimum Gasteiger partial charge on any atom is -0.387 e. The molecule has 1 aromatic heterocycles. The van der Waals surface area contributed by atoms with Gasteiger partial charge in [0.25, 0.3) is 0 Å². The first-order valence-corrected chi connectivity index (χ1v) is 7.91. The lowest BCUT2D eigenvalue weighted by Crippen LogP contribution is -2.38. The summed E-state index contributed by atoms with van der Waals surface area (Å²) in [6.07, 6.45) is 0. The Labute approximate surface area is 120 Å². The summed E-state index contributed by atoms with van der Waals surface area (Å²) >= 11 is 0. The van der Waals surface area contributed by atoms with Crippen LogP contribution in [0.25, 0.3) is 0 Å². The van der Waals surface area contributed by atoms with Gasteiger partial charge >= 0.3 is 0 Å². The molecule has 1 atom stereocenters. The molecule has 20 heavy (non-hydrogen) atoms. The van der Waals surface area contributed by atoms with Crippen LogP contribution in [0.2, 0.25) is 0 Å². The molecule has 0 bridgehead atoms. The summed E-state index contributed by atoms with van der Waals surface area (Å²) in [5.74, 6) is -0.333. The van der Waals surface area contributed by atoms with Gasteiger partial charge in [-0.25, -0.2) is 8.42 Å². The van der Waals surface area contributed by atoms with Crippen LogP contribution >= 0.6 is 0 Å². The highest BCUT2D eigenvalue weighted by Gasteiger charge is 2.30. The molecule has 0 amide bonds. The Bertz CT molecular complexity index is 606. The van der Waals surface area contributed by atoms with Gasteiger partial charge in [-0.1, -0.05) is 13.8 Å². The number of nitrogens with one attached hydrogen (secondary N) is 1. The Hall–Kier alpha value is -1.41. The van der Waals surface area contributed by atoms with Gasteiger partial charge in [-0.2, -0.15) is 9.40 Å². The standard InChI is InChI=1S/C12H23N5O2S/c1-6-17(7-8(2)12(13)14)20(18,19)11-9(3)15-16(5)10(11)4/h8H,6-7H2,1-5H3,(H3,13,14). The van der Waals surface area contributed by atoms with Gasteiger partial charge in [0.15, 0.2) is 0 Å². The average Bonchev–Trinajstić information content (AvgIpc) is 2.59. The molecule has 114 valence electrons. The molecule has 0 saturated carbocycles. The Morgan fingerprint density at radius 3 is 2.40 bits per heavy atom. The third-order valence-corrected chi connectivity index (χ3v) is 5.60. The molecule has 0 saturated heterocycles. The van der Waals surface area contributed by atoms with Crippen LogP contribution < -0.4 is 5.73 Å². The molecule has 1 heterocycles. The first kappa shape index (κ1) is 16.6. The van der Waals surface area contributed by atoms with Crippen LogP contribution in [0, 0.1) is 25.2 Å². The van der Waals surface area contributed by atoms with E-state index >= 15 is 0 Å². The van der Waals surface area contributed by atoms with Crippen LogP contribution in [0.3, 0.4) is 0 Å². The SMILES string of the molecule is CCN(CC(C)C(=N)N)S(=O)(=O)c1c(C)nn(C)c1C. The van der Waals surface area contributed by atoms with E-state index in [-0.39, 0.29) is 23.2 Å². The van der Waals surface area contributed by atoms with Gasteiger partial charge in [0.1, 0.15) is 4.90 Å². The number of rotatable bonds is 6. The predicted octanol–water partition coefficient (Wildman–Crippen LogP) is 0.620. The maximum Gasteiger partial charge on any atom is 0.246 e. The van der Waals surface area contributed by atoms with Crippen molar-refractivity contribution >= 4 is 15.9 Å². The molecular formula is C12H23N5O2S. The molecule has 0 fully saturated rings. The van der Waals surface area contributed by atoms with Gasteiger partial charge in [-0.15, -0.1) is 0 Å². The van der Waals surface area contributed by atoms with E-state index in [0.717, 1.165) is 0 Å². The molecule has 0 aliphatic carbocycles. The van der Waals surface area contributed by atoms with Gasteiger partial charge in [0, 0.05) is 26.1 Å². The molecule has 1 aromatic rings. The zero-order chi connectivity index (χ0) is 15.7. The van der Waals surface area contributed by atoms with Crippen molar-refractivity contribution in [3.63, 3.8) is 0 Å². The van der Waals surface area contributed by atoms with Crippen molar-refractivity contribution in [2.45, 2.75) is 32.6 Å². The Kier molecular flexibility index (Phi) is 4.93. The number of amidine groups is 1. The summed E-state index contributed by atoms with van der Waals surface area (Å²) in [5.41, 5.74) is 6.52. The van der Waals surface area contributed by atoms with Crippen molar-refractivity contribution < 1.29 is 8.42 Å². The zero-order valence-electron chi connectivity index (χ0n) is 12.6. The Balaban J connectivity index is 3.22. The zero-order valence-corrected chi connectivity index (χ0v) is 13.5. The molecule has 0 spiro atoms. The summed E-state index contributed by atoms with van der Waals surface area (Å²) < 4.78 is 28.4. The van der Waals surface area contributed by atoms with E-state index in [0.29, 0.717) is 17.9 Å². The van der Waals surface area contributed by atoms with E-state index in [1.165, 1.54) is 4.31 Å². The highest BCUT2D eigenvalue weighted by Crippen LogP contribution is 2.23. The summed E-state index contributed by atoms with van der Waals surface area (Å²) in [4.78, 5) is 0.248. The third-order valence-electron chi connectivity index (χ3n) is 3.40. The Morgan fingerprint density at radius 1 is 1.50 bits per heavy atom. The first-order valence-electron chi connectivity index (χ1n) is 6.47. The molecule has 0 aromatic carbocycles. The van der Waals surface area contributed by atoms with Crippen molar-refractivity contribution in [3.8, 4) is 0 Å². The number of hydrogen-bond donors (Lipinski definition) is 2. The van der Waals surface area contributed by atoms with Gasteiger partial charge < -0.3 is 5.73 Å². The van der Waals surface area contributed by atoms with Crippen molar-refractivity contribution in [2.75, 3.05) is 13.1 Å². The second-order valence-electron chi connectivity index (χ2n) is 4.94. The van der Waals surface area contributed by atoms with Crippen LogP contribution in [0.5, 0.6) is 0 Å². The highest BCUT2D eigenvalue weighted by atomic mass is 32.2. The second kappa shape index (κ2) is 5.92. The monoisotopic (exact) mass is 301 g/mol. The highest BCUT2D eigenvalue weighted by molar-refractivity contribution is 7.89. The van der Waals surface area contributed by atoms with Crippen LogP contribution in [0.1, 0.15) is 25.2 Å². The summed E-state index contributed by atoms with van der Waals surface area (Å²) in [6, 6.07) is 0. The van der Waals surface area contributed by atoms with Gasteiger partial charge in [0.05, 0.1) is 17.2 Å². The fourth-order valence-corrected chi connectivity index (χ4v) is 4.00. The van der Waals surface area contributed by atoms with Crippen molar-refractivity contribution in [3.05, 3.63) is 11.4 Å². The van der Waals surface area contributed by atoms with E-state index in [2.05, 4.69) is 5.10 Å². The van der Waals surface area contributed by atoms with Gasteiger partial charge in [0.2, 0.25) is 10.0 Å². The molecule has 0 aliphatic rings. The molecule has 1 unspecified atom stereocenters. The van der Waals surface area contributed by atoms with E-state index in [1.54, 1.807) is 39.4 Å². The fourth-order valence-electron chi connectivity index (χ4n) is 2.06. The number of nitrogens with two attached hydrogens (primary N) is 1. The van der Waals surface area contributed by atoms with Crippen molar-refractivity contribution in [1.82, 2.24) is 14.1 Å². The third kappa shape index (κ3) is 3.01. The number of aromatic nitrogens is 2. The normalized spacial score (nSPS) is 13.7. The second-order valence-corrected chi connectivity index (χ2v) is 6.81. The number of hydrogen-bond acceptors (Lipinski definition) is 4. The van der Waals surface area contributed by atoms with E-state index in [4.69, 9.17) is 11.1 Å². The minimum absolute atomic E-state index is 0.0155. The number of sulfonamides is 1. The first-order chi connectivity index (χ1) is 9.12. The average molecular weight is 301 g/mol. The van der Waals surface area contributed by atoms with Crippen LogP contribution in [-0.2, 0) is 17.1 Å². The summed E-state index contributed by atoms with van der Waals surface area (Å²) in [5, 5.41) is 11.6. The number of aryl methyl sites for hydroxylation is 2. The maximum atomic E-state index is 12.7. The minimum atomic E-state index is -3.62. The molecule has 8 heteroatoms. The van der Waals surface area contributed by atoms with Crippen LogP contribution in [0.15, 0.2) is 4.90 Å². The molecule has 1 rings (SSSR count). The van der Waals surface area contributed by atoms with Gasteiger partial charge in [-0.3, -0.25) is 10.1 Å². The molecule has 0 radical (unpaired) electrons. The van der Waals surface area contributed by atoms with Crippen molar-refractivity contribution in [2.24, 2.45) is 18.7 Å². The van der Waals surface area contributed by atoms with E-state index in [9.17, 15) is 8.42 Å². The lowest BCUT2D eigenvalue weighted by molar-refractivity contribution is 0.403. The maximum absolute atomic E-state index is 12.7. The van der Waals surface area contributed by atoms with Crippen LogP contribution in [0.4, 0.5) is 0 Å². The van der Waals surface area contributed by atoms with Gasteiger partial charge in [-0.05, 0) is 13.8 Å².